The maximum absolute atomic E-state index is 12.3. The molecule has 2 N–H and O–H groups in total. The Labute approximate surface area is 147 Å². The van der Waals surface area contributed by atoms with Crippen molar-refractivity contribution in [1.29, 1.82) is 0 Å². The summed E-state index contributed by atoms with van der Waals surface area (Å²) in [5, 5.41) is 0. The van der Waals surface area contributed by atoms with E-state index in [1.165, 1.54) is 5.56 Å². The van der Waals surface area contributed by atoms with E-state index in [-0.39, 0.29) is 12.1 Å². The molecule has 1 aliphatic carbocycles. The first-order valence-corrected chi connectivity index (χ1v) is 10.4. The van der Waals surface area contributed by atoms with Gasteiger partial charge in [0, 0.05) is 31.2 Å². The predicted octanol–water partition coefficient (Wildman–Crippen LogP) is 2.65. The van der Waals surface area contributed by atoms with Gasteiger partial charge in [0.05, 0.1) is 0 Å². The van der Waals surface area contributed by atoms with Gasteiger partial charge in [0.25, 0.3) is 10.2 Å². The standard InChI is InChI=1S/C18H31N3O2S/c1-15(2)21(14-17-9-5-4-6-10-17)13-16(3)19-24(22,23)20-18-11-7-8-12-18/h4-6,9-10,15-16,18-20H,7-8,11-14H2,1-3H3. The van der Waals surface area contributed by atoms with Crippen molar-refractivity contribution in [2.45, 2.75) is 71.1 Å². The lowest BCUT2D eigenvalue weighted by atomic mass is 10.1. The van der Waals surface area contributed by atoms with Gasteiger partial charge in [-0.3, -0.25) is 4.90 Å². The quantitative estimate of drug-likeness (QED) is 0.717. The van der Waals surface area contributed by atoms with Crippen LogP contribution in [0.4, 0.5) is 0 Å². The molecule has 0 spiro atoms. The second-order valence-electron chi connectivity index (χ2n) is 7.13. The fourth-order valence-corrected chi connectivity index (χ4v) is 4.57. The summed E-state index contributed by atoms with van der Waals surface area (Å²) >= 11 is 0. The number of rotatable bonds is 9. The molecule has 0 amide bonds. The summed E-state index contributed by atoms with van der Waals surface area (Å²) in [4.78, 5) is 2.29. The highest BCUT2D eigenvalue weighted by atomic mass is 32.2. The van der Waals surface area contributed by atoms with E-state index in [9.17, 15) is 8.42 Å². The monoisotopic (exact) mass is 353 g/mol. The van der Waals surface area contributed by atoms with E-state index in [0.717, 1.165) is 32.2 Å². The molecule has 24 heavy (non-hydrogen) atoms. The zero-order chi connectivity index (χ0) is 17.6. The van der Waals surface area contributed by atoms with Crippen LogP contribution < -0.4 is 9.44 Å². The van der Waals surface area contributed by atoms with Crippen molar-refractivity contribution in [2.75, 3.05) is 6.54 Å². The topological polar surface area (TPSA) is 61.4 Å². The summed E-state index contributed by atoms with van der Waals surface area (Å²) in [5.41, 5.74) is 1.24. The summed E-state index contributed by atoms with van der Waals surface area (Å²) < 4.78 is 30.1. The van der Waals surface area contributed by atoms with Gasteiger partial charge in [-0.15, -0.1) is 0 Å². The summed E-state index contributed by atoms with van der Waals surface area (Å²) in [6.45, 7) is 7.70. The van der Waals surface area contributed by atoms with Crippen LogP contribution in [0.2, 0.25) is 0 Å². The molecule has 1 unspecified atom stereocenters. The molecule has 136 valence electrons. The molecule has 1 aromatic rings. The fourth-order valence-electron chi connectivity index (χ4n) is 3.23. The lowest BCUT2D eigenvalue weighted by Crippen LogP contribution is -2.49. The fraction of sp³-hybridized carbons (Fsp3) is 0.667. The average Bonchev–Trinajstić information content (AvgIpc) is 2.99. The van der Waals surface area contributed by atoms with Gasteiger partial charge in [-0.25, -0.2) is 0 Å². The largest absolute Gasteiger partial charge is 0.295 e. The van der Waals surface area contributed by atoms with Crippen molar-refractivity contribution in [2.24, 2.45) is 0 Å². The Morgan fingerprint density at radius 1 is 1.12 bits per heavy atom. The number of nitrogens with zero attached hydrogens (tertiary/aromatic N) is 1. The zero-order valence-corrected chi connectivity index (χ0v) is 15.8. The van der Waals surface area contributed by atoms with Crippen LogP contribution in [0.1, 0.15) is 52.0 Å². The van der Waals surface area contributed by atoms with Gasteiger partial charge in [0.1, 0.15) is 0 Å². The molecule has 1 atom stereocenters. The van der Waals surface area contributed by atoms with Crippen LogP contribution in [-0.4, -0.2) is 38.0 Å². The third kappa shape index (κ3) is 6.51. The molecule has 0 aromatic heterocycles. The van der Waals surface area contributed by atoms with Crippen LogP contribution in [0.25, 0.3) is 0 Å². The molecule has 2 rings (SSSR count). The highest BCUT2D eigenvalue weighted by molar-refractivity contribution is 7.87. The van der Waals surface area contributed by atoms with E-state index in [1.54, 1.807) is 0 Å². The summed E-state index contributed by atoms with van der Waals surface area (Å²) in [6, 6.07) is 10.6. The first-order chi connectivity index (χ1) is 11.4. The summed E-state index contributed by atoms with van der Waals surface area (Å²) in [6.07, 6.45) is 4.12. The Morgan fingerprint density at radius 3 is 2.33 bits per heavy atom. The Bertz CT molecular complexity index is 584. The molecule has 6 heteroatoms. The lowest BCUT2D eigenvalue weighted by Gasteiger charge is -2.30. The van der Waals surface area contributed by atoms with E-state index in [1.807, 2.05) is 25.1 Å². The molecule has 1 saturated carbocycles. The Balaban J connectivity index is 1.88. The molecular weight excluding hydrogens is 322 g/mol. The van der Waals surface area contributed by atoms with Crippen LogP contribution in [0.5, 0.6) is 0 Å². The first-order valence-electron chi connectivity index (χ1n) is 8.93. The smallest absolute Gasteiger partial charge is 0.277 e. The van der Waals surface area contributed by atoms with Gasteiger partial charge < -0.3 is 0 Å². The normalized spacial score (nSPS) is 17.7. The van der Waals surface area contributed by atoms with Crippen LogP contribution in [0.3, 0.4) is 0 Å². The highest BCUT2D eigenvalue weighted by Gasteiger charge is 2.23. The van der Waals surface area contributed by atoms with E-state index in [0.29, 0.717) is 12.6 Å². The molecule has 1 fully saturated rings. The van der Waals surface area contributed by atoms with E-state index in [2.05, 4.69) is 40.3 Å². The number of nitrogens with one attached hydrogen (secondary N) is 2. The van der Waals surface area contributed by atoms with E-state index >= 15 is 0 Å². The molecule has 1 aromatic carbocycles. The van der Waals surface area contributed by atoms with Gasteiger partial charge in [-0.2, -0.15) is 17.9 Å². The summed E-state index contributed by atoms with van der Waals surface area (Å²) in [7, 11) is -3.44. The maximum Gasteiger partial charge on any atom is 0.277 e. The Morgan fingerprint density at radius 2 is 1.75 bits per heavy atom. The van der Waals surface area contributed by atoms with E-state index in [4.69, 9.17) is 0 Å². The second kappa shape index (κ2) is 8.94. The maximum atomic E-state index is 12.3. The minimum absolute atomic E-state index is 0.0974. The Hall–Kier alpha value is -0.950. The number of hydrogen-bond acceptors (Lipinski definition) is 3. The van der Waals surface area contributed by atoms with Gasteiger partial charge in [0.15, 0.2) is 0 Å². The van der Waals surface area contributed by atoms with Crippen LogP contribution >= 0.6 is 0 Å². The molecular formula is C18H31N3O2S. The minimum atomic E-state index is -3.44. The summed E-state index contributed by atoms with van der Waals surface area (Å²) in [5.74, 6) is 0. The van der Waals surface area contributed by atoms with Gasteiger partial charge in [-0.05, 0) is 39.2 Å². The van der Waals surface area contributed by atoms with Crippen LogP contribution in [0.15, 0.2) is 30.3 Å². The van der Waals surface area contributed by atoms with Crippen molar-refractivity contribution in [3.8, 4) is 0 Å². The van der Waals surface area contributed by atoms with E-state index < -0.39 is 10.2 Å². The zero-order valence-electron chi connectivity index (χ0n) is 15.0. The third-order valence-electron chi connectivity index (χ3n) is 4.50. The van der Waals surface area contributed by atoms with Crippen molar-refractivity contribution in [3.63, 3.8) is 0 Å². The molecule has 5 nitrogen and oxygen atoms in total. The molecule has 0 saturated heterocycles. The van der Waals surface area contributed by atoms with Crippen molar-refractivity contribution in [3.05, 3.63) is 35.9 Å². The molecule has 0 radical (unpaired) electrons. The lowest BCUT2D eigenvalue weighted by molar-refractivity contribution is 0.199. The van der Waals surface area contributed by atoms with Crippen LogP contribution in [-0.2, 0) is 16.8 Å². The van der Waals surface area contributed by atoms with Crippen molar-refractivity contribution in [1.82, 2.24) is 14.3 Å². The molecule has 0 aliphatic heterocycles. The van der Waals surface area contributed by atoms with Crippen LogP contribution in [0, 0.1) is 0 Å². The Kier molecular flexibility index (Phi) is 7.22. The molecule has 0 heterocycles. The number of benzene rings is 1. The molecule has 1 aliphatic rings. The van der Waals surface area contributed by atoms with Crippen molar-refractivity contribution >= 4 is 10.2 Å². The van der Waals surface area contributed by atoms with Gasteiger partial charge in [0.2, 0.25) is 0 Å². The molecule has 0 bridgehead atoms. The van der Waals surface area contributed by atoms with Gasteiger partial charge in [-0.1, -0.05) is 43.2 Å². The first kappa shape index (κ1) is 19.4. The number of hydrogen-bond donors (Lipinski definition) is 2. The highest BCUT2D eigenvalue weighted by Crippen LogP contribution is 2.18. The van der Waals surface area contributed by atoms with Gasteiger partial charge >= 0.3 is 0 Å². The predicted molar refractivity (Wildman–Crippen MR) is 98.9 cm³/mol. The minimum Gasteiger partial charge on any atom is -0.295 e. The SMILES string of the molecule is CC(CN(Cc1ccccc1)C(C)C)NS(=O)(=O)NC1CCCC1. The second-order valence-corrected chi connectivity index (χ2v) is 8.61. The van der Waals surface area contributed by atoms with Crippen molar-refractivity contribution < 1.29 is 8.42 Å². The average molecular weight is 354 g/mol. The third-order valence-corrected chi connectivity index (χ3v) is 5.86.